The van der Waals surface area contributed by atoms with Crippen LogP contribution in [0.3, 0.4) is 0 Å². The fourth-order valence-electron chi connectivity index (χ4n) is 1.91. The Kier molecular flexibility index (Phi) is 9.29. The number of ether oxygens (including phenoxy) is 3. The van der Waals surface area contributed by atoms with E-state index >= 15 is 0 Å². The van der Waals surface area contributed by atoms with Crippen LogP contribution in [0.4, 0.5) is 0 Å². The number of benzene rings is 1. The van der Waals surface area contributed by atoms with Crippen LogP contribution in [0.5, 0.6) is 5.75 Å². The third-order valence-corrected chi connectivity index (χ3v) is 3.01. The van der Waals surface area contributed by atoms with Crippen molar-refractivity contribution in [2.75, 3.05) is 26.4 Å². The van der Waals surface area contributed by atoms with Crippen LogP contribution in [-0.2, 0) is 9.47 Å². The summed E-state index contributed by atoms with van der Waals surface area (Å²) in [4.78, 5) is 11.8. The topological polar surface area (TPSA) is 44.8 Å². The standard InChI is InChI=1S/C17H26O4/c1-3-5-6-9-12-19-13-14-21-16-11-8-7-10-15(16)17(18)20-4-2/h7-8,10-11H,3-6,9,12-14H2,1-2H3. The largest absolute Gasteiger partial charge is 0.490 e. The molecule has 1 rings (SSSR count). The van der Waals surface area contributed by atoms with E-state index in [0.29, 0.717) is 31.1 Å². The monoisotopic (exact) mass is 294 g/mol. The highest BCUT2D eigenvalue weighted by molar-refractivity contribution is 5.92. The lowest BCUT2D eigenvalue weighted by molar-refractivity contribution is 0.0517. The number of esters is 1. The lowest BCUT2D eigenvalue weighted by atomic mass is 10.2. The summed E-state index contributed by atoms with van der Waals surface area (Å²) in [7, 11) is 0. The van der Waals surface area contributed by atoms with Crippen LogP contribution in [0.25, 0.3) is 0 Å². The lowest BCUT2D eigenvalue weighted by Gasteiger charge is -2.11. The quantitative estimate of drug-likeness (QED) is 0.459. The minimum Gasteiger partial charge on any atom is -0.490 e. The fourth-order valence-corrected chi connectivity index (χ4v) is 1.91. The second-order valence-corrected chi connectivity index (χ2v) is 4.74. The molecule has 0 aromatic heterocycles. The van der Waals surface area contributed by atoms with E-state index in [1.807, 2.05) is 6.07 Å². The number of carbonyl (C=O) groups is 1. The smallest absolute Gasteiger partial charge is 0.341 e. The van der Waals surface area contributed by atoms with Crippen LogP contribution in [-0.4, -0.2) is 32.4 Å². The third kappa shape index (κ3) is 7.14. The van der Waals surface area contributed by atoms with Gasteiger partial charge in [-0.15, -0.1) is 0 Å². The summed E-state index contributed by atoms with van der Waals surface area (Å²) in [5, 5.41) is 0. The van der Waals surface area contributed by atoms with Crippen molar-refractivity contribution in [2.45, 2.75) is 39.5 Å². The van der Waals surface area contributed by atoms with E-state index in [2.05, 4.69) is 6.92 Å². The molecule has 1 aromatic rings. The SMILES string of the molecule is CCCCCCOCCOc1ccccc1C(=O)OCC. The van der Waals surface area contributed by atoms with Crippen molar-refractivity contribution in [3.63, 3.8) is 0 Å². The van der Waals surface area contributed by atoms with Gasteiger partial charge in [0.05, 0.1) is 13.2 Å². The van der Waals surface area contributed by atoms with Crippen molar-refractivity contribution in [1.29, 1.82) is 0 Å². The van der Waals surface area contributed by atoms with Crippen LogP contribution in [0.1, 0.15) is 49.9 Å². The summed E-state index contributed by atoms with van der Waals surface area (Å²) in [6.07, 6.45) is 4.79. The lowest BCUT2D eigenvalue weighted by Crippen LogP contribution is -2.11. The van der Waals surface area contributed by atoms with E-state index in [-0.39, 0.29) is 5.97 Å². The van der Waals surface area contributed by atoms with Gasteiger partial charge < -0.3 is 14.2 Å². The Labute approximate surface area is 127 Å². The Hall–Kier alpha value is -1.55. The van der Waals surface area contributed by atoms with Gasteiger partial charge in [-0.05, 0) is 25.5 Å². The molecule has 0 N–H and O–H groups in total. The van der Waals surface area contributed by atoms with Crippen molar-refractivity contribution in [3.05, 3.63) is 29.8 Å². The molecule has 118 valence electrons. The molecule has 0 saturated heterocycles. The molecule has 0 amide bonds. The van der Waals surface area contributed by atoms with Gasteiger partial charge in [0, 0.05) is 6.61 Å². The number of hydrogen-bond donors (Lipinski definition) is 0. The number of carbonyl (C=O) groups excluding carboxylic acids is 1. The minimum atomic E-state index is -0.353. The maximum absolute atomic E-state index is 11.8. The minimum absolute atomic E-state index is 0.353. The first-order valence-electron chi connectivity index (χ1n) is 7.76. The van der Waals surface area contributed by atoms with Gasteiger partial charge in [-0.25, -0.2) is 4.79 Å². The van der Waals surface area contributed by atoms with Crippen LogP contribution in [0.2, 0.25) is 0 Å². The molecule has 0 bridgehead atoms. The maximum Gasteiger partial charge on any atom is 0.341 e. The number of rotatable bonds is 11. The predicted octanol–water partition coefficient (Wildman–Crippen LogP) is 3.84. The molecule has 4 nitrogen and oxygen atoms in total. The van der Waals surface area contributed by atoms with Crippen LogP contribution >= 0.6 is 0 Å². The Morgan fingerprint density at radius 1 is 1.00 bits per heavy atom. The van der Waals surface area contributed by atoms with E-state index < -0.39 is 0 Å². The Balaban J connectivity index is 2.27. The van der Waals surface area contributed by atoms with Gasteiger partial charge in [0.25, 0.3) is 0 Å². The van der Waals surface area contributed by atoms with E-state index in [1.54, 1.807) is 25.1 Å². The molecule has 0 fully saturated rings. The van der Waals surface area contributed by atoms with Crippen molar-refractivity contribution in [3.8, 4) is 5.75 Å². The molecular weight excluding hydrogens is 268 g/mol. The maximum atomic E-state index is 11.8. The van der Waals surface area contributed by atoms with Gasteiger partial charge >= 0.3 is 5.97 Å². The number of para-hydroxylation sites is 1. The molecule has 0 aliphatic carbocycles. The molecule has 21 heavy (non-hydrogen) atoms. The molecular formula is C17H26O4. The Morgan fingerprint density at radius 2 is 1.81 bits per heavy atom. The van der Waals surface area contributed by atoms with Gasteiger partial charge in [0.15, 0.2) is 0 Å². The van der Waals surface area contributed by atoms with Gasteiger partial charge in [-0.1, -0.05) is 38.3 Å². The highest BCUT2D eigenvalue weighted by Gasteiger charge is 2.12. The first-order chi connectivity index (χ1) is 10.3. The van der Waals surface area contributed by atoms with E-state index in [9.17, 15) is 4.79 Å². The molecule has 4 heteroatoms. The molecule has 0 saturated carbocycles. The number of hydrogen-bond acceptors (Lipinski definition) is 4. The summed E-state index contributed by atoms with van der Waals surface area (Å²) < 4.78 is 16.1. The summed E-state index contributed by atoms with van der Waals surface area (Å²) in [6, 6.07) is 7.11. The Morgan fingerprint density at radius 3 is 2.57 bits per heavy atom. The highest BCUT2D eigenvalue weighted by Crippen LogP contribution is 2.18. The van der Waals surface area contributed by atoms with Gasteiger partial charge in [-0.3, -0.25) is 0 Å². The molecule has 0 aliphatic heterocycles. The molecule has 0 atom stereocenters. The second-order valence-electron chi connectivity index (χ2n) is 4.74. The van der Waals surface area contributed by atoms with Crippen molar-refractivity contribution < 1.29 is 19.0 Å². The molecule has 0 unspecified atom stereocenters. The van der Waals surface area contributed by atoms with Crippen LogP contribution in [0.15, 0.2) is 24.3 Å². The zero-order chi connectivity index (χ0) is 15.3. The second kappa shape index (κ2) is 11.1. The third-order valence-electron chi connectivity index (χ3n) is 3.01. The highest BCUT2D eigenvalue weighted by atomic mass is 16.5. The van der Waals surface area contributed by atoms with Crippen LogP contribution < -0.4 is 4.74 Å². The van der Waals surface area contributed by atoms with Crippen molar-refractivity contribution in [1.82, 2.24) is 0 Å². The summed E-state index contributed by atoms with van der Waals surface area (Å²) in [6.45, 7) is 6.06. The van der Waals surface area contributed by atoms with Gasteiger partial charge in [-0.2, -0.15) is 0 Å². The first kappa shape index (κ1) is 17.5. The average Bonchev–Trinajstić information content (AvgIpc) is 2.50. The van der Waals surface area contributed by atoms with Crippen LogP contribution in [0, 0.1) is 0 Å². The number of unbranched alkanes of at least 4 members (excludes halogenated alkanes) is 3. The van der Waals surface area contributed by atoms with Crippen molar-refractivity contribution in [2.24, 2.45) is 0 Å². The normalized spacial score (nSPS) is 10.4. The summed E-state index contributed by atoms with van der Waals surface area (Å²) >= 11 is 0. The average molecular weight is 294 g/mol. The predicted molar refractivity (Wildman–Crippen MR) is 82.9 cm³/mol. The molecule has 0 heterocycles. The molecule has 1 aromatic carbocycles. The fraction of sp³-hybridized carbons (Fsp3) is 0.588. The first-order valence-corrected chi connectivity index (χ1v) is 7.76. The molecule has 0 radical (unpaired) electrons. The zero-order valence-corrected chi connectivity index (χ0v) is 13.1. The van der Waals surface area contributed by atoms with Gasteiger partial charge in [0.2, 0.25) is 0 Å². The summed E-state index contributed by atoms with van der Waals surface area (Å²) in [5.74, 6) is 0.194. The van der Waals surface area contributed by atoms with Crippen molar-refractivity contribution >= 4 is 5.97 Å². The summed E-state index contributed by atoms with van der Waals surface area (Å²) in [5.41, 5.74) is 0.460. The van der Waals surface area contributed by atoms with E-state index in [0.717, 1.165) is 13.0 Å². The van der Waals surface area contributed by atoms with E-state index in [1.165, 1.54) is 19.3 Å². The molecule has 0 aliphatic rings. The Bertz CT molecular complexity index is 404. The molecule has 0 spiro atoms. The zero-order valence-electron chi connectivity index (χ0n) is 13.1. The van der Waals surface area contributed by atoms with E-state index in [4.69, 9.17) is 14.2 Å². The van der Waals surface area contributed by atoms with Gasteiger partial charge in [0.1, 0.15) is 17.9 Å².